The van der Waals surface area contributed by atoms with Gasteiger partial charge >= 0.3 is 5.20 Å². The highest BCUT2D eigenvalue weighted by Gasteiger charge is 2.29. The Labute approximate surface area is 228 Å². The quantitative estimate of drug-likeness (QED) is 0.213. The number of aromatic nitrogens is 2. The summed E-state index contributed by atoms with van der Waals surface area (Å²) >= 11 is 19.9. The number of anilines is 1. The van der Waals surface area contributed by atoms with Gasteiger partial charge in [-0.25, -0.2) is 4.98 Å². The Morgan fingerprint density at radius 2 is 1.54 bits per heavy atom. The fourth-order valence-electron chi connectivity index (χ4n) is 3.50. The van der Waals surface area contributed by atoms with Crippen LogP contribution in [0.1, 0.15) is 11.1 Å². The van der Waals surface area contributed by atoms with Crippen molar-refractivity contribution in [2.75, 3.05) is 33.1 Å². The van der Waals surface area contributed by atoms with Crippen molar-refractivity contribution in [3.05, 3.63) is 34.4 Å². The van der Waals surface area contributed by atoms with E-state index >= 15 is 0 Å². The number of ether oxygens (including phenoxy) is 6. The molecule has 2 aromatic carbocycles. The molecule has 3 aliphatic rings. The maximum atomic E-state index is 11.6. The number of aromatic amines is 1. The van der Waals surface area contributed by atoms with E-state index in [4.69, 9.17) is 40.0 Å². The summed E-state index contributed by atoms with van der Waals surface area (Å²) in [6.07, 6.45) is 2.88. The van der Waals surface area contributed by atoms with E-state index < -0.39 is 10.7 Å². The van der Waals surface area contributed by atoms with Crippen molar-refractivity contribution >= 4 is 73.5 Å². The molecule has 0 radical (unpaired) electrons. The van der Waals surface area contributed by atoms with Crippen LogP contribution in [0.15, 0.2) is 28.2 Å². The van der Waals surface area contributed by atoms with E-state index in [1.807, 2.05) is 6.07 Å². The van der Waals surface area contributed by atoms with E-state index in [1.54, 1.807) is 19.5 Å². The summed E-state index contributed by atoms with van der Waals surface area (Å²) in [5, 5.41) is 0.206. The molecular weight excluding hydrogens is 597 g/mol. The lowest BCUT2D eigenvalue weighted by Crippen LogP contribution is -2.08. The van der Waals surface area contributed by atoms with Crippen molar-refractivity contribution < 1.29 is 33.0 Å². The van der Waals surface area contributed by atoms with Gasteiger partial charge < -0.3 is 38.7 Å². The third kappa shape index (κ3) is 6.05. The van der Waals surface area contributed by atoms with E-state index in [-0.39, 0.29) is 19.1 Å². The van der Waals surface area contributed by atoms with E-state index in [0.717, 1.165) is 11.3 Å². The van der Waals surface area contributed by atoms with E-state index in [1.165, 1.54) is 13.4 Å². The molecule has 1 aromatic heterocycles. The first-order chi connectivity index (χ1) is 17.6. The first kappa shape index (κ1) is 27.3. The van der Waals surface area contributed by atoms with Gasteiger partial charge in [0.05, 0.1) is 38.0 Å². The Kier molecular flexibility index (Phi) is 8.35. The number of halogens is 4. The lowest BCUT2D eigenvalue weighted by molar-refractivity contribution is 0.171. The highest BCUT2D eigenvalue weighted by molar-refractivity contribution is 8.24. The van der Waals surface area contributed by atoms with Crippen molar-refractivity contribution in [1.82, 2.24) is 9.97 Å². The van der Waals surface area contributed by atoms with Gasteiger partial charge in [0.25, 0.3) is 5.56 Å². The van der Waals surface area contributed by atoms with Crippen LogP contribution < -0.4 is 39.3 Å². The van der Waals surface area contributed by atoms with Gasteiger partial charge in [0.1, 0.15) is 5.52 Å². The van der Waals surface area contributed by atoms with Crippen LogP contribution in [0.2, 0.25) is 0 Å². The Bertz CT molecular complexity index is 1460. The molecule has 2 N–H and O–H groups in total. The smallest absolute Gasteiger partial charge is 0.339 e. The molecule has 4 heterocycles. The van der Waals surface area contributed by atoms with Gasteiger partial charge in [-0.1, -0.05) is 11.6 Å². The summed E-state index contributed by atoms with van der Waals surface area (Å²) in [4.78, 5) is 22.2. The molecular formula is C20H17Cl4N4O8P. The maximum Gasteiger partial charge on any atom is 0.339 e. The summed E-state index contributed by atoms with van der Waals surface area (Å²) in [6.45, 7) is 0.299. The molecule has 1 atom stereocenters. The molecule has 1 unspecified atom stereocenters. The summed E-state index contributed by atoms with van der Waals surface area (Å²) in [7, 11) is 3.08. The number of rotatable bonds is 2. The van der Waals surface area contributed by atoms with Gasteiger partial charge in [0.2, 0.25) is 25.1 Å². The largest absolute Gasteiger partial charge is 0.493 e. The molecule has 0 aliphatic carbocycles. The Balaban J connectivity index is 0.000000147. The molecule has 17 heteroatoms. The van der Waals surface area contributed by atoms with Crippen LogP contribution in [0.25, 0.3) is 10.9 Å². The number of methoxy groups -OCH3 is 2. The Morgan fingerprint density at radius 1 is 0.973 bits per heavy atom. The number of nitrogens with zero attached hydrogens (tertiary/aromatic N) is 2. The molecule has 0 bridgehead atoms. The molecule has 6 rings (SSSR count). The average Bonchev–Trinajstić information content (AvgIpc) is 3.54. The van der Waals surface area contributed by atoms with Gasteiger partial charge in [-0.3, -0.25) is 14.4 Å². The lowest BCUT2D eigenvalue weighted by atomic mass is 10.1. The Hall–Kier alpha value is -2.76. The molecule has 3 aromatic rings. The molecule has 0 spiro atoms. The van der Waals surface area contributed by atoms with Gasteiger partial charge in [0, 0.05) is 5.56 Å². The van der Waals surface area contributed by atoms with Crippen molar-refractivity contribution in [2.24, 2.45) is 4.99 Å². The minimum atomic E-state index is -3.22. The fourth-order valence-corrected chi connectivity index (χ4v) is 3.73. The van der Waals surface area contributed by atoms with Crippen LogP contribution >= 0.6 is 50.5 Å². The predicted molar refractivity (Wildman–Crippen MR) is 140 cm³/mol. The number of hydrogen-bond donors (Lipinski definition) is 2. The summed E-state index contributed by atoms with van der Waals surface area (Å²) in [5.74, 6) is 3.27. The van der Waals surface area contributed by atoms with Crippen molar-refractivity contribution in [1.29, 1.82) is 0 Å². The standard InChI is InChI=1S/C10H9ClN2O3.C10H8N2O4.Cl3OP/c1-14-6-2-5-7(12-3-13-10(5)11)9-8(6)15-4-16-9;1-14-6-2-5-7(11-3-12-10(5)13)9-8(6)15-4-16-9;1-5(2,3)4/h2-3,10H,4H2,1H3,(H,12,13);2-3H,4H2,1H3,(H,11,12,13);. The second kappa shape index (κ2) is 11.3. The monoisotopic (exact) mass is 612 g/mol. The van der Waals surface area contributed by atoms with E-state index in [0.29, 0.717) is 45.4 Å². The lowest BCUT2D eigenvalue weighted by Gasteiger charge is -2.19. The molecule has 12 nitrogen and oxygen atoms in total. The molecule has 0 saturated heterocycles. The zero-order valence-corrected chi connectivity index (χ0v) is 22.8. The highest BCUT2D eigenvalue weighted by atomic mass is 36.0. The number of nitrogens with one attached hydrogen (secondary N) is 2. The SMILES string of the molecule is COc1cc2c(=O)[nH]cnc2c2c1OCO2.COc1cc2c(c3c1OCO3)NC=NC2Cl.O=P(Cl)(Cl)Cl. The van der Waals surface area contributed by atoms with Gasteiger partial charge in [-0.2, -0.15) is 0 Å². The first-order valence-corrected chi connectivity index (χ1v) is 14.9. The third-order valence-corrected chi connectivity index (χ3v) is 5.31. The second-order valence-corrected chi connectivity index (χ2v) is 14.1. The van der Waals surface area contributed by atoms with Crippen LogP contribution in [0, 0.1) is 0 Å². The van der Waals surface area contributed by atoms with Crippen LogP contribution in [0.3, 0.4) is 0 Å². The van der Waals surface area contributed by atoms with Gasteiger partial charge in [0.15, 0.2) is 28.5 Å². The first-order valence-electron chi connectivity index (χ1n) is 10.1. The molecule has 0 fully saturated rings. The van der Waals surface area contributed by atoms with E-state index in [9.17, 15) is 9.36 Å². The minimum Gasteiger partial charge on any atom is -0.493 e. The molecule has 198 valence electrons. The predicted octanol–water partition coefficient (Wildman–Crippen LogP) is 5.59. The van der Waals surface area contributed by atoms with Crippen molar-refractivity contribution in [3.63, 3.8) is 0 Å². The number of alkyl halides is 1. The van der Waals surface area contributed by atoms with Crippen LogP contribution in [-0.2, 0) is 4.57 Å². The summed E-state index contributed by atoms with van der Waals surface area (Å²) < 4.78 is 41.2. The topological polar surface area (TPSA) is 143 Å². The molecule has 3 aliphatic heterocycles. The van der Waals surface area contributed by atoms with Gasteiger partial charge in [-0.15, -0.1) is 0 Å². The Morgan fingerprint density at radius 3 is 2.19 bits per heavy atom. The van der Waals surface area contributed by atoms with Crippen LogP contribution in [0.5, 0.6) is 34.5 Å². The highest BCUT2D eigenvalue weighted by Crippen LogP contribution is 2.61. The summed E-state index contributed by atoms with van der Waals surface area (Å²) in [5.41, 5.74) is 1.44. The molecule has 37 heavy (non-hydrogen) atoms. The zero-order valence-electron chi connectivity index (χ0n) is 18.9. The number of hydrogen-bond acceptors (Lipinski definition) is 11. The molecule has 0 amide bonds. The second-order valence-electron chi connectivity index (χ2n) is 7.04. The molecule has 0 saturated carbocycles. The number of H-pyrrole nitrogens is 1. The number of fused-ring (bicyclic) bond motifs is 6. The van der Waals surface area contributed by atoms with E-state index in [2.05, 4.69) is 54.0 Å². The minimum absolute atomic E-state index is 0.110. The van der Waals surface area contributed by atoms with Crippen molar-refractivity contribution in [3.8, 4) is 34.5 Å². The summed E-state index contributed by atoms with van der Waals surface area (Å²) in [6, 6.07) is 3.40. The van der Waals surface area contributed by atoms with Crippen LogP contribution in [0.4, 0.5) is 5.69 Å². The number of aliphatic imine (C=N–C) groups is 1. The fraction of sp³-hybridized carbons (Fsp3) is 0.250. The number of benzene rings is 2. The average molecular weight is 614 g/mol. The van der Waals surface area contributed by atoms with Crippen molar-refractivity contribution in [2.45, 2.75) is 5.50 Å². The normalized spacial score (nSPS) is 16.0. The van der Waals surface area contributed by atoms with Crippen LogP contribution in [-0.4, -0.2) is 44.1 Å². The maximum absolute atomic E-state index is 11.6. The third-order valence-electron chi connectivity index (χ3n) is 4.97. The van der Waals surface area contributed by atoms with Gasteiger partial charge in [-0.05, 0) is 45.9 Å². The zero-order chi connectivity index (χ0) is 26.7.